The number of amides is 1. The van der Waals surface area contributed by atoms with E-state index in [0.717, 1.165) is 49.8 Å². The molecule has 0 bridgehead atoms. The molecule has 10 heteroatoms. The minimum Gasteiger partial charge on any atom is -0.460 e. The van der Waals surface area contributed by atoms with E-state index in [4.69, 9.17) is 9.84 Å². The third-order valence-corrected chi connectivity index (χ3v) is 8.92. The van der Waals surface area contributed by atoms with Gasteiger partial charge in [0, 0.05) is 30.0 Å². The van der Waals surface area contributed by atoms with Crippen LogP contribution >= 0.6 is 0 Å². The SMILES string of the molecule is CC(C)(C)OC(=O)C1CCC(N2Cc3cc(Nc4nn(C5CCCCC5C#N)c5cc[nH]c(=O)c45)ccc3C2=O)CC1. The van der Waals surface area contributed by atoms with E-state index in [1.807, 2.05) is 54.6 Å². The van der Waals surface area contributed by atoms with Gasteiger partial charge >= 0.3 is 5.97 Å². The fraction of sp³-hybridized carbons (Fsp3) is 0.531. The van der Waals surface area contributed by atoms with E-state index in [9.17, 15) is 19.6 Å². The van der Waals surface area contributed by atoms with Crippen molar-refractivity contribution in [2.75, 3.05) is 5.32 Å². The van der Waals surface area contributed by atoms with Crippen molar-refractivity contribution in [2.24, 2.45) is 11.8 Å². The van der Waals surface area contributed by atoms with Gasteiger partial charge in [-0.15, -0.1) is 0 Å². The highest BCUT2D eigenvalue weighted by molar-refractivity contribution is 5.99. The number of hydrogen-bond acceptors (Lipinski definition) is 7. The molecule has 42 heavy (non-hydrogen) atoms. The highest BCUT2D eigenvalue weighted by atomic mass is 16.6. The van der Waals surface area contributed by atoms with Crippen molar-refractivity contribution in [1.82, 2.24) is 19.7 Å². The molecular weight excluding hydrogens is 532 g/mol. The Kier molecular flexibility index (Phi) is 7.29. The van der Waals surface area contributed by atoms with Crippen molar-refractivity contribution in [3.63, 3.8) is 0 Å². The predicted octanol–water partition coefficient (Wildman–Crippen LogP) is 5.58. The van der Waals surface area contributed by atoms with Crippen molar-refractivity contribution in [2.45, 2.75) is 96.4 Å². The number of aromatic nitrogens is 3. The number of nitriles is 1. The van der Waals surface area contributed by atoms with Gasteiger partial charge in [0.15, 0.2) is 5.82 Å². The summed E-state index contributed by atoms with van der Waals surface area (Å²) in [6.45, 7) is 6.15. The molecule has 2 saturated carbocycles. The van der Waals surface area contributed by atoms with E-state index < -0.39 is 5.60 Å². The molecule has 0 spiro atoms. The van der Waals surface area contributed by atoms with Crippen LogP contribution in [0.1, 0.15) is 94.1 Å². The number of rotatable bonds is 5. The molecule has 2 aliphatic carbocycles. The van der Waals surface area contributed by atoms with E-state index in [1.165, 1.54) is 0 Å². The summed E-state index contributed by atoms with van der Waals surface area (Å²) in [4.78, 5) is 43.5. The van der Waals surface area contributed by atoms with Gasteiger partial charge in [-0.1, -0.05) is 12.8 Å². The van der Waals surface area contributed by atoms with Crippen molar-refractivity contribution in [3.8, 4) is 6.07 Å². The molecule has 220 valence electrons. The summed E-state index contributed by atoms with van der Waals surface area (Å²) < 4.78 is 7.44. The van der Waals surface area contributed by atoms with Crippen LogP contribution in [0.25, 0.3) is 10.9 Å². The summed E-state index contributed by atoms with van der Waals surface area (Å²) in [6.07, 6.45) is 8.30. The van der Waals surface area contributed by atoms with Crippen LogP contribution < -0.4 is 10.9 Å². The Labute approximate surface area is 245 Å². The Morgan fingerprint density at radius 2 is 1.86 bits per heavy atom. The number of anilines is 2. The van der Waals surface area contributed by atoms with Crippen molar-refractivity contribution < 1.29 is 14.3 Å². The van der Waals surface area contributed by atoms with Crippen molar-refractivity contribution in [1.29, 1.82) is 5.26 Å². The number of fused-ring (bicyclic) bond motifs is 2. The lowest BCUT2D eigenvalue weighted by Gasteiger charge is -2.34. The molecule has 2 aromatic heterocycles. The van der Waals surface area contributed by atoms with Gasteiger partial charge in [-0.3, -0.25) is 19.1 Å². The molecule has 2 fully saturated rings. The second-order valence-electron chi connectivity index (χ2n) is 12.9. The van der Waals surface area contributed by atoms with Gasteiger partial charge in [0.25, 0.3) is 11.5 Å². The third kappa shape index (κ3) is 5.28. The van der Waals surface area contributed by atoms with Gasteiger partial charge in [0.05, 0.1) is 29.5 Å². The fourth-order valence-corrected chi connectivity index (χ4v) is 6.86. The van der Waals surface area contributed by atoms with Crippen molar-refractivity contribution in [3.05, 3.63) is 51.9 Å². The Morgan fingerprint density at radius 3 is 2.60 bits per heavy atom. The molecule has 2 unspecified atom stereocenters. The number of ether oxygens (including phenoxy) is 1. The molecular formula is C32H38N6O4. The van der Waals surface area contributed by atoms with E-state index in [1.54, 1.807) is 6.20 Å². The van der Waals surface area contributed by atoms with Gasteiger partial charge in [-0.05, 0) is 89.1 Å². The molecule has 10 nitrogen and oxygen atoms in total. The highest BCUT2D eigenvalue weighted by Gasteiger charge is 2.37. The lowest BCUT2D eigenvalue weighted by molar-refractivity contribution is -0.161. The molecule has 0 saturated heterocycles. The lowest BCUT2D eigenvalue weighted by atomic mass is 9.85. The Hall–Kier alpha value is -4.13. The van der Waals surface area contributed by atoms with Crippen molar-refractivity contribution >= 4 is 34.3 Å². The number of pyridine rings is 1. The first-order valence-electron chi connectivity index (χ1n) is 15.1. The molecule has 3 aromatic rings. The number of nitrogens with zero attached hydrogens (tertiary/aromatic N) is 4. The molecule has 1 aromatic carbocycles. The fourth-order valence-electron chi connectivity index (χ4n) is 6.86. The Morgan fingerprint density at radius 1 is 1.10 bits per heavy atom. The maximum absolute atomic E-state index is 13.4. The zero-order valence-electron chi connectivity index (χ0n) is 24.5. The topological polar surface area (TPSA) is 133 Å². The maximum Gasteiger partial charge on any atom is 0.309 e. The molecule has 1 amide bonds. The Balaban J connectivity index is 1.19. The molecule has 2 N–H and O–H groups in total. The second kappa shape index (κ2) is 10.9. The summed E-state index contributed by atoms with van der Waals surface area (Å²) >= 11 is 0. The molecule has 2 atom stereocenters. The summed E-state index contributed by atoms with van der Waals surface area (Å²) in [7, 11) is 0. The summed E-state index contributed by atoms with van der Waals surface area (Å²) in [5.41, 5.74) is 2.31. The first-order valence-corrected chi connectivity index (χ1v) is 15.1. The van der Waals surface area contributed by atoms with Gasteiger partial charge in [-0.25, -0.2) is 0 Å². The van der Waals surface area contributed by atoms with Gasteiger partial charge in [-0.2, -0.15) is 10.4 Å². The van der Waals surface area contributed by atoms with E-state index in [2.05, 4.69) is 16.4 Å². The molecule has 3 aliphatic rings. The predicted molar refractivity (Wildman–Crippen MR) is 158 cm³/mol. The second-order valence-corrected chi connectivity index (χ2v) is 12.9. The van der Waals surface area contributed by atoms with E-state index >= 15 is 0 Å². The zero-order chi connectivity index (χ0) is 29.6. The monoisotopic (exact) mass is 570 g/mol. The van der Waals surface area contributed by atoms with Crippen LogP contribution in [0.3, 0.4) is 0 Å². The third-order valence-electron chi connectivity index (χ3n) is 8.92. The average Bonchev–Trinajstić information content (AvgIpc) is 3.50. The van der Waals surface area contributed by atoms with Gasteiger partial charge in [0.1, 0.15) is 11.0 Å². The van der Waals surface area contributed by atoms with Crippen LogP contribution in [0.2, 0.25) is 0 Å². The van der Waals surface area contributed by atoms with Crippen LogP contribution in [0.4, 0.5) is 11.5 Å². The van der Waals surface area contributed by atoms with Gasteiger partial charge in [0.2, 0.25) is 0 Å². The zero-order valence-corrected chi connectivity index (χ0v) is 24.5. The smallest absolute Gasteiger partial charge is 0.309 e. The maximum atomic E-state index is 13.4. The lowest BCUT2D eigenvalue weighted by Crippen LogP contribution is -2.40. The number of carbonyl (C=O) groups excluding carboxylic acids is 2. The molecule has 1 aliphatic heterocycles. The minimum absolute atomic E-state index is 0.0169. The minimum atomic E-state index is -0.501. The number of H-pyrrole nitrogens is 1. The van der Waals surface area contributed by atoms with Crippen LogP contribution in [0.15, 0.2) is 35.3 Å². The molecule has 3 heterocycles. The number of nitrogens with one attached hydrogen (secondary N) is 2. The first kappa shape index (κ1) is 28.0. The van der Waals surface area contributed by atoms with Crippen LogP contribution in [-0.4, -0.2) is 43.2 Å². The normalized spacial score (nSPS) is 24.3. The number of hydrogen-bond donors (Lipinski definition) is 2. The van der Waals surface area contributed by atoms with E-state index in [-0.39, 0.29) is 41.4 Å². The Bertz CT molecular complexity index is 1620. The van der Waals surface area contributed by atoms with Crippen LogP contribution in [-0.2, 0) is 16.1 Å². The largest absolute Gasteiger partial charge is 0.460 e. The number of esters is 1. The van der Waals surface area contributed by atoms with Gasteiger partial charge < -0.3 is 19.9 Å². The average molecular weight is 571 g/mol. The van der Waals surface area contributed by atoms with Crippen LogP contribution in [0, 0.1) is 23.2 Å². The first-order chi connectivity index (χ1) is 20.1. The number of carbonyl (C=O) groups is 2. The summed E-state index contributed by atoms with van der Waals surface area (Å²) in [6, 6.07) is 9.93. The quantitative estimate of drug-likeness (QED) is 0.383. The number of benzene rings is 1. The summed E-state index contributed by atoms with van der Waals surface area (Å²) in [5.74, 6) is 0.0449. The molecule has 6 rings (SSSR count). The molecule has 0 radical (unpaired) electrons. The van der Waals surface area contributed by atoms with Crippen LogP contribution in [0.5, 0.6) is 0 Å². The highest BCUT2D eigenvalue weighted by Crippen LogP contribution is 2.38. The standard InChI is InChI=1S/C32H38N6O4/c1-32(2,3)42-31(41)19-8-11-23(12-9-19)37-18-21-16-22(10-13-24(21)30(37)40)35-28-27-26(14-15-34-29(27)39)38(36-28)25-7-5-4-6-20(25)17-33/h10,13-16,19-20,23,25H,4-9,11-12,18H2,1-3H3,(H,34,39)(H,35,36). The van der Waals surface area contributed by atoms with E-state index in [0.29, 0.717) is 41.7 Å². The summed E-state index contributed by atoms with van der Waals surface area (Å²) in [5, 5.41) is 18.4. The number of aromatic amines is 1.